The van der Waals surface area contributed by atoms with Gasteiger partial charge in [-0.3, -0.25) is 4.79 Å². The molecule has 190 valence electrons. The molecule has 35 heavy (non-hydrogen) atoms. The second kappa shape index (κ2) is 10.5. The van der Waals surface area contributed by atoms with E-state index in [2.05, 4.69) is 5.32 Å². The molecule has 2 aromatic rings. The number of rotatable bonds is 8. The van der Waals surface area contributed by atoms with Gasteiger partial charge in [0.25, 0.3) is 5.91 Å². The number of nitrogens with one attached hydrogen (secondary N) is 2. The van der Waals surface area contributed by atoms with Crippen molar-refractivity contribution in [1.82, 2.24) is 5.32 Å². The molecule has 0 saturated heterocycles. The lowest BCUT2D eigenvalue weighted by molar-refractivity contribution is -0.204. The Balaban J connectivity index is 2.11. The van der Waals surface area contributed by atoms with E-state index in [1.165, 1.54) is 38.3 Å². The Labute approximate surface area is 203 Å². The summed E-state index contributed by atoms with van der Waals surface area (Å²) in [7, 11) is 2.51. The zero-order valence-electron chi connectivity index (χ0n) is 19.3. The Morgan fingerprint density at radius 3 is 2.29 bits per heavy atom. The SMILES string of the molecule is CCOC(=O)[C@](NC(=O)c1ccc(OC)cc1)(Nc1sc2c(c1C(=O)OC)CCCC2)C(F)(F)F. The summed E-state index contributed by atoms with van der Waals surface area (Å²) in [4.78, 5) is 39.0. The number of carbonyl (C=O) groups is 3. The lowest BCUT2D eigenvalue weighted by Gasteiger charge is -2.35. The number of ether oxygens (including phenoxy) is 3. The minimum absolute atomic E-state index is 0.0798. The lowest BCUT2D eigenvalue weighted by Crippen LogP contribution is -2.69. The second-order valence-corrected chi connectivity index (χ2v) is 8.79. The van der Waals surface area contributed by atoms with Crippen LogP contribution in [0.3, 0.4) is 0 Å². The number of benzene rings is 1. The normalized spacial score (nSPS) is 14.8. The van der Waals surface area contributed by atoms with Crippen LogP contribution in [0.1, 0.15) is 50.9 Å². The maximum Gasteiger partial charge on any atom is 0.441 e. The molecule has 3 rings (SSSR count). The summed E-state index contributed by atoms with van der Waals surface area (Å²) in [6.45, 7) is 0.968. The van der Waals surface area contributed by atoms with Gasteiger partial charge < -0.3 is 24.8 Å². The van der Waals surface area contributed by atoms with Crippen molar-refractivity contribution >= 4 is 34.2 Å². The number of amides is 1. The third-order valence-electron chi connectivity index (χ3n) is 5.52. The van der Waals surface area contributed by atoms with E-state index < -0.39 is 29.7 Å². The van der Waals surface area contributed by atoms with Crippen LogP contribution in [-0.2, 0) is 27.1 Å². The Hall–Kier alpha value is -3.28. The van der Waals surface area contributed by atoms with E-state index >= 15 is 0 Å². The number of hydrogen-bond donors (Lipinski definition) is 2. The number of esters is 2. The fraction of sp³-hybridized carbons (Fsp3) is 0.435. The average Bonchev–Trinajstić information content (AvgIpc) is 3.20. The summed E-state index contributed by atoms with van der Waals surface area (Å²) in [6.07, 6.45) is -2.73. The number of hydrogen-bond acceptors (Lipinski definition) is 8. The molecule has 1 aliphatic rings. The molecule has 0 saturated carbocycles. The monoisotopic (exact) mass is 514 g/mol. The predicted molar refractivity (Wildman–Crippen MR) is 122 cm³/mol. The van der Waals surface area contributed by atoms with Crippen LogP contribution in [0.15, 0.2) is 24.3 Å². The van der Waals surface area contributed by atoms with Crippen molar-refractivity contribution in [2.75, 3.05) is 26.1 Å². The van der Waals surface area contributed by atoms with Gasteiger partial charge in [-0.05, 0) is 62.4 Å². The molecular formula is C23H25F3N2O6S. The highest BCUT2D eigenvalue weighted by Gasteiger charge is 2.64. The molecule has 0 aliphatic heterocycles. The van der Waals surface area contributed by atoms with Gasteiger partial charge in [0, 0.05) is 10.4 Å². The highest BCUT2D eigenvalue weighted by Crippen LogP contribution is 2.42. The standard InChI is InChI=1S/C23H25F3N2O6S/c1-4-34-21(31)22(23(24,25)26,27-18(29)13-9-11-14(32-2)12-10-13)28-19-17(20(30)33-3)15-7-5-6-8-16(15)35-19/h9-12,28H,4-8H2,1-3H3,(H,27,29)/t22-/m0/s1. The number of fused-ring (bicyclic) bond motifs is 1. The van der Waals surface area contributed by atoms with Crippen molar-refractivity contribution in [2.24, 2.45) is 0 Å². The first-order valence-electron chi connectivity index (χ1n) is 10.8. The van der Waals surface area contributed by atoms with Crippen LogP contribution >= 0.6 is 11.3 Å². The van der Waals surface area contributed by atoms with Crippen LogP contribution < -0.4 is 15.4 Å². The Bertz CT molecular complexity index is 1100. The molecule has 1 aromatic heterocycles. The molecule has 1 aromatic carbocycles. The molecule has 0 fully saturated rings. The number of anilines is 1. The van der Waals surface area contributed by atoms with Crippen LogP contribution in [0, 0.1) is 0 Å². The first-order valence-corrected chi connectivity index (χ1v) is 11.6. The van der Waals surface area contributed by atoms with Crippen molar-refractivity contribution in [3.63, 3.8) is 0 Å². The third kappa shape index (κ3) is 5.21. The van der Waals surface area contributed by atoms with Crippen molar-refractivity contribution in [2.45, 2.75) is 44.4 Å². The number of halogens is 3. The summed E-state index contributed by atoms with van der Waals surface area (Å²) < 4.78 is 58.4. The predicted octanol–water partition coefficient (Wildman–Crippen LogP) is 4.09. The van der Waals surface area contributed by atoms with E-state index in [1.54, 1.807) is 5.32 Å². The molecule has 0 bridgehead atoms. The maximum atomic E-state index is 14.6. The first kappa shape index (κ1) is 26.3. The zero-order chi connectivity index (χ0) is 25.8. The number of thiophene rings is 1. The van der Waals surface area contributed by atoms with Crippen LogP contribution in [-0.4, -0.2) is 50.5 Å². The molecular weight excluding hydrogens is 489 g/mol. The molecule has 12 heteroatoms. The second-order valence-electron chi connectivity index (χ2n) is 7.68. The number of aryl methyl sites for hydroxylation is 1. The van der Waals surface area contributed by atoms with E-state index in [0.29, 0.717) is 24.2 Å². The van der Waals surface area contributed by atoms with Gasteiger partial charge in [-0.2, -0.15) is 13.2 Å². The summed E-state index contributed by atoms with van der Waals surface area (Å²) in [5.74, 6) is -3.41. The van der Waals surface area contributed by atoms with E-state index in [9.17, 15) is 27.6 Å². The number of alkyl halides is 3. The van der Waals surface area contributed by atoms with Gasteiger partial charge in [0.1, 0.15) is 10.8 Å². The zero-order valence-corrected chi connectivity index (χ0v) is 20.2. The van der Waals surface area contributed by atoms with Gasteiger partial charge in [0.15, 0.2) is 0 Å². The molecule has 0 unspecified atom stereocenters. The Kier molecular flexibility index (Phi) is 7.93. The smallest absolute Gasteiger partial charge is 0.441 e. The summed E-state index contributed by atoms with van der Waals surface area (Å²) in [5, 5.41) is 3.70. The summed E-state index contributed by atoms with van der Waals surface area (Å²) in [5.41, 5.74) is -3.32. The van der Waals surface area contributed by atoms with Gasteiger partial charge in [0.2, 0.25) is 0 Å². The van der Waals surface area contributed by atoms with Gasteiger partial charge in [-0.1, -0.05) is 0 Å². The van der Waals surface area contributed by atoms with Crippen molar-refractivity contribution in [1.29, 1.82) is 0 Å². The van der Waals surface area contributed by atoms with E-state index in [-0.39, 0.29) is 22.7 Å². The molecule has 0 spiro atoms. The molecule has 1 heterocycles. The fourth-order valence-electron chi connectivity index (χ4n) is 3.76. The van der Waals surface area contributed by atoms with Crippen LogP contribution in [0.5, 0.6) is 5.75 Å². The van der Waals surface area contributed by atoms with Gasteiger partial charge in [-0.15, -0.1) is 11.3 Å². The van der Waals surface area contributed by atoms with E-state index in [1.807, 2.05) is 0 Å². The highest BCUT2D eigenvalue weighted by atomic mass is 32.1. The maximum absolute atomic E-state index is 14.6. The molecule has 2 N–H and O–H groups in total. The van der Waals surface area contributed by atoms with E-state index in [0.717, 1.165) is 36.2 Å². The fourth-order valence-corrected chi connectivity index (χ4v) is 5.09. The Morgan fingerprint density at radius 2 is 1.71 bits per heavy atom. The third-order valence-corrected chi connectivity index (χ3v) is 6.73. The largest absolute Gasteiger partial charge is 0.497 e. The average molecular weight is 515 g/mol. The summed E-state index contributed by atoms with van der Waals surface area (Å²) >= 11 is 0.924. The molecule has 1 amide bonds. The highest BCUT2D eigenvalue weighted by molar-refractivity contribution is 7.16. The molecule has 1 atom stereocenters. The molecule has 8 nitrogen and oxygen atoms in total. The number of carbonyl (C=O) groups excluding carboxylic acids is 3. The van der Waals surface area contributed by atoms with Crippen LogP contribution in [0.4, 0.5) is 18.2 Å². The quantitative estimate of drug-likeness (QED) is 0.404. The summed E-state index contributed by atoms with van der Waals surface area (Å²) in [6, 6.07) is 5.30. The van der Waals surface area contributed by atoms with Crippen LogP contribution in [0.25, 0.3) is 0 Å². The van der Waals surface area contributed by atoms with Crippen LogP contribution in [0.2, 0.25) is 0 Å². The molecule has 1 aliphatic carbocycles. The van der Waals surface area contributed by atoms with Crippen molar-refractivity contribution in [3.8, 4) is 5.75 Å². The van der Waals surface area contributed by atoms with Gasteiger partial charge >= 0.3 is 23.8 Å². The minimum atomic E-state index is -5.35. The van der Waals surface area contributed by atoms with Gasteiger partial charge in [-0.25, -0.2) is 9.59 Å². The molecule has 0 radical (unpaired) electrons. The topological polar surface area (TPSA) is 103 Å². The van der Waals surface area contributed by atoms with Crippen molar-refractivity contribution in [3.05, 3.63) is 45.8 Å². The number of methoxy groups -OCH3 is 2. The van der Waals surface area contributed by atoms with Crippen molar-refractivity contribution < 1.29 is 41.8 Å². The van der Waals surface area contributed by atoms with E-state index in [4.69, 9.17) is 14.2 Å². The Morgan fingerprint density at radius 1 is 1.06 bits per heavy atom. The minimum Gasteiger partial charge on any atom is -0.497 e. The van der Waals surface area contributed by atoms with Gasteiger partial charge in [0.05, 0.1) is 26.4 Å². The first-order chi connectivity index (χ1) is 16.6. The lowest BCUT2D eigenvalue weighted by atomic mass is 9.95.